The Morgan fingerprint density at radius 1 is 1.10 bits per heavy atom. The van der Waals surface area contributed by atoms with E-state index in [0.717, 1.165) is 37.6 Å². The fourth-order valence-corrected chi connectivity index (χ4v) is 4.31. The number of halogens is 1. The molecule has 1 amide bonds. The first-order chi connectivity index (χ1) is 14.1. The van der Waals surface area contributed by atoms with Crippen LogP contribution in [0, 0.1) is 5.82 Å². The van der Waals surface area contributed by atoms with Gasteiger partial charge in [-0.15, -0.1) is 0 Å². The largest absolute Gasteiger partial charge is 0.378 e. The molecule has 5 nitrogen and oxygen atoms in total. The fourth-order valence-electron chi connectivity index (χ4n) is 3.25. The first kappa shape index (κ1) is 19.7. The number of rotatable bonds is 4. The van der Waals surface area contributed by atoms with Gasteiger partial charge >= 0.3 is 0 Å². The molecule has 0 saturated carbocycles. The zero-order chi connectivity index (χ0) is 20.2. The molecule has 2 aromatic carbocycles. The van der Waals surface area contributed by atoms with Crippen LogP contribution in [0.5, 0.6) is 0 Å². The summed E-state index contributed by atoms with van der Waals surface area (Å²) in [4.78, 5) is 21.9. The predicted octanol–water partition coefficient (Wildman–Crippen LogP) is 4.29. The lowest BCUT2D eigenvalue weighted by Gasteiger charge is -2.28. The van der Waals surface area contributed by atoms with Crippen molar-refractivity contribution >= 4 is 40.3 Å². The molecule has 0 spiro atoms. The van der Waals surface area contributed by atoms with Crippen molar-refractivity contribution in [2.45, 2.75) is 6.92 Å². The average Bonchev–Trinajstić information content (AvgIpc) is 3.05. The second kappa shape index (κ2) is 8.80. The van der Waals surface area contributed by atoms with Crippen LogP contribution in [-0.2, 0) is 9.53 Å². The van der Waals surface area contributed by atoms with Crippen molar-refractivity contribution in [2.75, 3.05) is 37.7 Å². The molecule has 2 heterocycles. The summed E-state index contributed by atoms with van der Waals surface area (Å²) in [5.74, 6) is -0.367. The van der Waals surface area contributed by atoms with Gasteiger partial charge < -0.3 is 9.64 Å². The summed E-state index contributed by atoms with van der Waals surface area (Å²) < 4.78 is 18.5. The summed E-state index contributed by atoms with van der Waals surface area (Å²) in [6, 6.07) is 14.1. The summed E-state index contributed by atoms with van der Waals surface area (Å²) in [5.41, 5.74) is 2.75. The Morgan fingerprint density at radius 2 is 1.79 bits per heavy atom. The Kier molecular flexibility index (Phi) is 5.97. The van der Waals surface area contributed by atoms with Crippen molar-refractivity contribution in [1.29, 1.82) is 0 Å². The molecule has 0 bridgehead atoms. The van der Waals surface area contributed by atoms with Crippen molar-refractivity contribution in [3.8, 4) is 0 Å². The lowest BCUT2D eigenvalue weighted by molar-refractivity contribution is -0.122. The van der Waals surface area contributed by atoms with E-state index < -0.39 is 0 Å². The van der Waals surface area contributed by atoms with Gasteiger partial charge in [0.1, 0.15) is 5.82 Å². The molecule has 2 saturated heterocycles. The van der Waals surface area contributed by atoms with E-state index in [1.807, 2.05) is 25.1 Å². The Hall–Kier alpha value is -2.64. The van der Waals surface area contributed by atoms with Gasteiger partial charge in [0, 0.05) is 25.3 Å². The molecule has 2 aliphatic heterocycles. The van der Waals surface area contributed by atoms with Crippen LogP contribution >= 0.6 is 11.8 Å². The molecule has 2 aromatic rings. The molecule has 29 heavy (non-hydrogen) atoms. The number of morpholine rings is 1. The molecular weight excluding hydrogens is 389 g/mol. The second-order valence-electron chi connectivity index (χ2n) is 6.72. The summed E-state index contributed by atoms with van der Waals surface area (Å²) in [6.45, 7) is 5.73. The number of carbonyl (C=O) groups excluding carboxylic acids is 1. The Balaban J connectivity index is 1.54. The average molecular weight is 412 g/mol. The van der Waals surface area contributed by atoms with Gasteiger partial charge in [-0.2, -0.15) is 0 Å². The quantitative estimate of drug-likeness (QED) is 0.705. The number of benzene rings is 2. The minimum absolute atomic E-state index is 0.0596. The van der Waals surface area contributed by atoms with E-state index in [1.165, 1.54) is 23.9 Å². The first-order valence-corrected chi connectivity index (χ1v) is 10.4. The summed E-state index contributed by atoms with van der Waals surface area (Å²) in [5, 5.41) is 0.611. The maximum absolute atomic E-state index is 13.1. The highest BCUT2D eigenvalue weighted by Crippen LogP contribution is 2.34. The molecule has 0 aromatic heterocycles. The van der Waals surface area contributed by atoms with Crippen LogP contribution in [0.15, 0.2) is 58.4 Å². The van der Waals surface area contributed by atoms with Crippen LogP contribution in [0.1, 0.15) is 12.5 Å². The Morgan fingerprint density at radius 3 is 2.45 bits per heavy atom. The molecular formula is C22H22FN3O2S. The number of likely N-dealkylation sites (N-methyl/N-ethyl adjacent to an activating group) is 1. The van der Waals surface area contributed by atoms with E-state index in [0.29, 0.717) is 22.3 Å². The topological polar surface area (TPSA) is 45.1 Å². The zero-order valence-electron chi connectivity index (χ0n) is 16.2. The molecule has 4 rings (SSSR count). The van der Waals surface area contributed by atoms with Gasteiger partial charge in [0.05, 0.1) is 23.8 Å². The summed E-state index contributed by atoms with van der Waals surface area (Å²) >= 11 is 1.34. The lowest BCUT2D eigenvalue weighted by Crippen LogP contribution is -2.36. The number of amidine groups is 1. The lowest BCUT2D eigenvalue weighted by atomic mass is 10.1. The fraction of sp³-hybridized carbons (Fsp3) is 0.273. The first-order valence-electron chi connectivity index (χ1n) is 9.62. The van der Waals surface area contributed by atoms with Gasteiger partial charge in [-0.05, 0) is 66.7 Å². The standard InChI is InChI=1S/C22H22FN3O2S/c1-2-26-21(27)20(29-22(26)24-18-7-5-17(23)6-8-18)15-16-3-9-19(10-4-16)25-11-13-28-14-12-25/h3-10,15H,2,11-14H2,1H3/b20-15+,24-22?. The van der Waals surface area contributed by atoms with Gasteiger partial charge in [-0.3, -0.25) is 9.69 Å². The van der Waals surface area contributed by atoms with Crippen molar-refractivity contribution in [3.63, 3.8) is 0 Å². The van der Waals surface area contributed by atoms with Gasteiger partial charge in [0.15, 0.2) is 5.17 Å². The third-order valence-electron chi connectivity index (χ3n) is 4.82. The molecule has 0 aliphatic carbocycles. The molecule has 0 unspecified atom stereocenters. The summed E-state index contributed by atoms with van der Waals surface area (Å²) in [7, 11) is 0. The highest BCUT2D eigenvalue weighted by atomic mass is 32.2. The highest BCUT2D eigenvalue weighted by molar-refractivity contribution is 8.18. The van der Waals surface area contributed by atoms with Gasteiger partial charge in [-0.25, -0.2) is 9.38 Å². The summed E-state index contributed by atoms with van der Waals surface area (Å²) in [6.07, 6.45) is 1.89. The molecule has 2 fully saturated rings. The van der Waals surface area contributed by atoms with E-state index in [-0.39, 0.29) is 11.7 Å². The van der Waals surface area contributed by atoms with E-state index in [1.54, 1.807) is 17.0 Å². The van der Waals surface area contributed by atoms with Crippen LogP contribution in [0.3, 0.4) is 0 Å². The maximum Gasteiger partial charge on any atom is 0.266 e. The Bertz CT molecular complexity index is 936. The van der Waals surface area contributed by atoms with Crippen molar-refractivity contribution in [1.82, 2.24) is 4.90 Å². The van der Waals surface area contributed by atoms with Crippen molar-refractivity contribution in [3.05, 3.63) is 64.8 Å². The van der Waals surface area contributed by atoms with Gasteiger partial charge in [-0.1, -0.05) is 12.1 Å². The number of thioether (sulfide) groups is 1. The number of nitrogens with zero attached hydrogens (tertiary/aromatic N) is 3. The van der Waals surface area contributed by atoms with Crippen LogP contribution in [0.2, 0.25) is 0 Å². The number of hydrogen-bond donors (Lipinski definition) is 0. The van der Waals surface area contributed by atoms with Crippen LogP contribution in [0.4, 0.5) is 15.8 Å². The molecule has 2 aliphatic rings. The predicted molar refractivity (Wildman–Crippen MR) is 116 cm³/mol. The van der Waals surface area contributed by atoms with E-state index in [2.05, 4.69) is 22.0 Å². The molecule has 0 atom stereocenters. The second-order valence-corrected chi connectivity index (χ2v) is 7.73. The number of hydrogen-bond acceptors (Lipinski definition) is 5. The van der Waals surface area contributed by atoms with E-state index >= 15 is 0 Å². The minimum Gasteiger partial charge on any atom is -0.378 e. The molecule has 7 heteroatoms. The monoisotopic (exact) mass is 411 g/mol. The van der Waals surface area contributed by atoms with Crippen molar-refractivity contribution in [2.24, 2.45) is 4.99 Å². The third kappa shape index (κ3) is 4.52. The smallest absolute Gasteiger partial charge is 0.266 e. The van der Waals surface area contributed by atoms with Gasteiger partial charge in [0.25, 0.3) is 5.91 Å². The van der Waals surface area contributed by atoms with Crippen molar-refractivity contribution < 1.29 is 13.9 Å². The van der Waals surface area contributed by atoms with Gasteiger partial charge in [0.2, 0.25) is 0 Å². The van der Waals surface area contributed by atoms with Crippen LogP contribution in [-0.4, -0.2) is 48.8 Å². The molecule has 0 N–H and O–H groups in total. The number of ether oxygens (including phenoxy) is 1. The Labute approximate surface area is 173 Å². The maximum atomic E-state index is 13.1. The highest BCUT2D eigenvalue weighted by Gasteiger charge is 2.32. The molecule has 0 radical (unpaired) electrons. The third-order valence-corrected chi connectivity index (χ3v) is 5.83. The SMILES string of the molecule is CCN1C(=O)/C(=C\c2ccc(N3CCOCC3)cc2)SC1=Nc1ccc(F)cc1. The number of amides is 1. The van der Waals surface area contributed by atoms with E-state index in [4.69, 9.17) is 4.74 Å². The van der Waals surface area contributed by atoms with Crippen LogP contribution in [0.25, 0.3) is 6.08 Å². The minimum atomic E-state index is -0.308. The van der Waals surface area contributed by atoms with Crippen LogP contribution < -0.4 is 4.90 Å². The van der Waals surface area contributed by atoms with E-state index in [9.17, 15) is 9.18 Å². The normalized spacial score (nSPS) is 20.1. The number of carbonyl (C=O) groups is 1. The molecule has 150 valence electrons. The number of anilines is 1. The zero-order valence-corrected chi connectivity index (χ0v) is 17.0. The number of aliphatic imine (C=N–C) groups is 1.